The van der Waals surface area contributed by atoms with Crippen LogP contribution in [-0.2, 0) is 5.75 Å². The van der Waals surface area contributed by atoms with E-state index in [9.17, 15) is 0 Å². The molecule has 1 aromatic carbocycles. The summed E-state index contributed by atoms with van der Waals surface area (Å²) >= 11 is 7.69. The van der Waals surface area contributed by atoms with Gasteiger partial charge in [0, 0.05) is 16.5 Å². The van der Waals surface area contributed by atoms with Crippen molar-refractivity contribution in [1.82, 2.24) is 0 Å². The van der Waals surface area contributed by atoms with E-state index >= 15 is 0 Å². The van der Waals surface area contributed by atoms with Crippen molar-refractivity contribution in [1.29, 1.82) is 0 Å². The van der Waals surface area contributed by atoms with Gasteiger partial charge in [0.05, 0.1) is 0 Å². The van der Waals surface area contributed by atoms with Crippen molar-refractivity contribution in [2.45, 2.75) is 19.1 Å². The van der Waals surface area contributed by atoms with Gasteiger partial charge < -0.3 is 5.73 Å². The summed E-state index contributed by atoms with van der Waals surface area (Å²) in [6, 6.07) is 5.70. The zero-order valence-electron chi connectivity index (χ0n) is 7.72. The Morgan fingerprint density at radius 1 is 1.46 bits per heavy atom. The molecule has 3 heteroatoms. The molecule has 0 aliphatic heterocycles. The molecule has 0 saturated carbocycles. The molecule has 1 rings (SSSR count). The van der Waals surface area contributed by atoms with Crippen LogP contribution in [0.1, 0.15) is 18.9 Å². The number of halogens is 1. The molecule has 0 unspecified atom stereocenters. The Balaban J connectivity index is 2.56. The minimum Gasteiger partial charge on any atom is -0.398 e. The number of hydrogen-bond donors (Lipinski definition) is 1. The van der Waals surface area contributed by atoms with Gasteiger partial charge in [-0.1, -0.05) is 24.6 Å². The van der Waals surface area contributed by atoms with E-state index in [4.69, 9.17) is 17.3 Å². The van der Waals surface area contributed by atoms with Gasteiger partial charge in [0.15, 0.2) is 0 Å². The van der Waals surface area contributed by atoms with E-state index < -0.39 is 0 Å². The molecule has 0 heterocycles. The lowest BCUT2D eigenvalue weighted by Gasteiger charge is -2.04. The Morgan fingerprint density at radius 2 is 2.23 bits per heavy atom. The van der Waals surface area contributed by atoms with Gasteiger partial charge in [-0.15, -0.1) is 0 Å². The van der Waals surface area contributed by atoms with Gasteiger partial charge in [0.2, 0.25) is 0 Å². The number of nitrogens with two attached hydrogens (primary N) is 1. The zero-order valence-corrected chi connectivity index (χ0v) is 9.29. The monoisotopic (exact) mass is 215 g/mol. The van der Waals surface area contributed by atoms with Crippen molar-refractivity contribution < 1.29 is 0 Å². The first kappa shape index (κ1) is 10.7. The third-order valence-electron chi connectivity index (χ3n) is 1.71. The van der Waals surface area contributed by atoms with Crippen LogP contribution in [0.5, 0.6) is 0 Å². The smallest absolute Gasteiger partial charge is 0.0426 e. The van der Waals surface area contributed by atoms with E-state index in [0.717, 1.165) is 11.4 Å². The summed E-state index contributed by atoms with van der Waals surface area (Å²) in [7, 11) is 0. The van der Waals surface area contributed by atoms with Gasteiger partial charge in [-0.3, -0.25) is 0 Å². The summed E-state index contributed by atoms with van der Waals surface area (Å²) in [5, 5.41) is 0.710. The molecule has 0 atom stereocenters. The fraction of sp³-hybridized carbons (Fsp3) is 0.400. The summed E-state index contributed by atoms with van der Waals surface area (Å²) in [4.78, 5) is 0. The van der Waals surface area contributed by atoms with E-state index in [1.165, 1.54) is 17.7 Å². The van der Waals surface area contributed by atoms with Crippen LogP contribution in [0.3, 0.4) is 0 Å². The largest absolute Gasteiger partial charge is 0.398 e. The third-order valence-corrected chi connectivity index (χ3v) is 3.16. The Labute approximate surface area is 88.7 Å². The minimum absolute atomic E-state index is 0.710. The Morgan fingerprint density at radius 3 is 2.85 bits per heavy atom. The summed E-state index contributed by atoms with van der Waals surface area (Å²) in [5.41, 5.74) is 7.79. The molecule has 0 radical (unpaired) electrons. The summed E-state index contributed by atoms with van der Waals surface area (Å²) in [5.74, 6) is 2.17. The molecule has 0 fully saturated rings. The van der Waals surface area contributed by atoms with Crippen molar-refractivity contribution in [3.8, 4) is 0 Å². The fourth-order valence-electron chi connectivity index (χ4n) is 1.02. The lowest BCUT2D eigenvalue weighted by molar-refractivity contribution is 1.10. The van der Waals surface area contributed by atoms with Crippen molar-refractivity contribution in [2.24, 2.45) is 0 Å². The summed E-state index contributed by atoms with van der Waals surface area (Å²) < 4.78 is 0. The maximum atomic E-state index is 5.81. The number of rotatable bonds is 4. The number of hydrogen-bond acceptors (Lipinski definition) is 2. The summed E-state index contributed by atoms with van der Waals surface area (Å²) in [6.07, 6.45) is 1.21. The van der Waals surface area contributed by atoms with Crippen molar-refractivity contribution in [2.75, 3.05) is 11.5 Å². The third kappa shape index (κ3) is 3.49. The molecule has 0 spiro atoms. The quantitative estimate of drug-likeness (QED) is 0.614. The molecule has 0 aliphatic rings. The first-order valence-electron chi connectivity index (χ1n) is 4.35. The van der Waals surface area contributed by atoms with Crippen LogP contribution >= 0.6 is 23.4 Å². The Hall–Kier alpha value is -0.340. The second-order valence-electron chi connectivity index (χ2n) is 2.90. The molecular formula is C10H14ClNS. The predicted octanol–water partition coefficient (Wildman–Crippen LogP) is 3.57. The van der Waals surface area contributed by atoms with E-state index in [2.05, 4.69) is 6.92 Å². The van der Waals surface area contributed by atoms with Gasteiger partial charge in [0.25, 0.3) is 0 Å². The van der Waals surface area contributed by atoms with Crippen LogP contribution in [0.15, 0.2) is 18.2 Å². The van der Waals surface area contributed by atoms with Crippen molar-refractivity contribution in [3.63, 3.8) is 0 Å². The molecule has 0 aliphatic carbocycles. The predicted molar refractivity (Wildman–Crippen MR) is 62.3 cm³/mol. The van der Waals surface area contributed by atoms with Crippen molar-refractivity contribution in [3.05, 3.63) is 28.8 Å². The molecule has 0 amide bonds. The van der Waals surface area contributed by atoms with E-state index in [1.54, 1.807) is 0 Å². The molecule has 1 nitrogen and oxygen atoms in total. The van der Waals surface area contributed by atoms with E-state index in [0.29, 0.717) is 5.02 Å². The maximum absolute atomic E-state index is 5.81. The van der Waals surface area contributed by atoms with Crippen LogP contribution in [0.25, 0.3) is 0 Å². The highest BCUT2D eigenvalue weighted by Crippen LogP contribution is 2.22. The first-order valence-corrected chi connectivity index (χ1v) is 5.89. The molecule has 72 valence electrons. The molecule has 0 saturated heterocycles. The number of anilines is 1. The summed E-state index contributed by atoms with van der Waals surface area (Å²) in [6.45, 7) is 2.18. The standard InChI is InChI=1S/C10H14ClNS/c1-2-5-13-7-8-3-4-9(11)6-10(8)12/h3-4,6H,2,5,7,12H2,1H3. The molecule has 1 aromatic rings. The van der Waals surface area contributed by atoms with Crippen LogP contribution in [0.4, 0.5) is 5.69 Å². The van der Waals surface area contributed by atoms with Crippen LogP contribution in [-0.4, -0.2) is 5.75 Å². The molecule has 0 bridgehead atoms. The van der Waals surface area contributed by atoms with E-state index in [1.807, 2.05) is 30.0 Å². The van der Waals surface area contributed by atoms with Crippen LogP contribution in [0, 0.1) is 0 Å². The number of nitrogen functional groups attached to an aromatic ring is 1. The minimum atomic E-state index is 0.710. The Kier molecular flexibility index (Phi) is 4.46. The number of benzene rings is 1. The van der Waals surface area contributed by atoms with Crippen molar-refractivity contribution >= 4 is 29.1 Å². The van der Waals surface area contributed by atoms with Gasteiger partial charge in [-0.05, 0) is 29.9 Å². The average molecular weight is 216 g/mol. The maximum Gasteiger partial charge on any atom is 0.0426 e. The topological polar surface area (TPSA) is 26.0 Å². The number of thioether (sulfide) groups is 1. The van der Waals surface area contributed by atoms with Gasteiger partial charge >= 0.3 is 0 Å². The molecule has 2 N–H and O–H groups in total. The van der Waals surface area contributed by atoms with E-state index in [-0.39, 0.29) is 0 Å². The normalized spacial score (nSPS) is 10.3. The molecule has 0 aromatic heterocycles. The average Bonchev–Trinajstić information content (AvgIpc) is 2.09. The van der Waals surface area contributed by atoms with Gasteiger partial charge in [0.1, 0.15) is 0 Å². The van der Waals surface area contributed by atoms with Crippen LogP contribution in [0.2, 0.25) is 5.02 Å². The molecular weight excluding hydrogens is 202 g/mol. The SMILES string of the molecule is CCCSCc1ccc(Cl)cc1N. The lowest BCUT2D eigenvalue weighted by Crippen LogP contribution is -1.92. The molecule has 13 heavy (non-hydrogen) atoms. The zero-order chi connectivity index (χ0) is 9.68. The highest BCUT2D eigenvalue weighted by molar-refractivity contribution is 7.98. The highest BCUT2D eigenvalue weighted by Gasteiger charge is 1.99. The second kappa shape index (κ2) is 5.40. The van der Waals surface area contributed by atoms with Gasteiger partial charge in [-0.2, -0.15) is 11.8 Å². The lowest BCUT2D eigenvalue weighted by atomic mass is 10.2. The van der Waals surface area contributed by atoms with Crippen LogP contribution < -0.4 is 5.73 Å². The van der Waals surface area contributed by atoms with Gasteiger partial charge in [-0.25, -0.2) is 0 Å². The Bertz CT molecular complexity index is 276. The highest BCUT2D eigenvalue weighted by atomic mass is 35.5. The second-order valence-corrected chi connectivity index (χ2v) is 4.44. The fourth-order valence-corrected chi connectivity index (χ4v) is 2.12. The first-order chi connectivity index (χ1) is 6.24.